The number of hydrogen-bond acceptors (Lipinski definition) is 6. The van der Waals surface area contributed by atoms with Crippen LogP contribution in [0.1, 0.15) is 48.9 Å². The molecule has 4 rings (SSSR count). The zero-order chi connectivity index (χ0) is 22.1. The molecular weight excluding hydrogens is 405 g/mol. The van der Waals surface area contributed by atoms with E-state index in [1.165, 1.54) is 18.2 Å². The fourth-order valence-electron chi connectivity index (χ4n) is 3.72. The van der Waals surface area contributed by atoms with Crippen LogP contribution in [0.15, 0.2) is 30.1 Å². The predicted molar refractivity (Wildman–Crippen MR) is 111 cm³/mol. The number of halogens is 1. The molecule has 1 aliphatic heterocycles. The number of aromatic carboxylic acids is 1. The molecule has 0 spiro atoms. The summed E-state index contributed by atoms with van der Waals surface area (Å²) < 4.78 is 32.0. The van der Waals surface area contributed by atoms with Crippen LogP contribution in [-0.4, -0.2) is 58.4 Å². The van der Waals surface area contributed by atoms with Crippen molar-refractivity contribution in [3.05, 3.63) is 41.5 Å². The van der Waals surface area contributed by atoms with E-state index in [2.05, 4.69) is 4.98 Å². The van der Waals surface area contributed by atoms with Gasteiger partial charge in [0.05, 0.1) is 36.9 Å². The Bertz CT molecular complexity index is 1040. The molecule has 2 unspecified atom stereocenters. The molecule has 2 aliphatic rings. The summed E-state index contributed by atoms with van der Waals surface area (Å²) in [6.45, 7) is 7.66. The first-order valence-corrected chi connectivity index (χ1v) is 10.4. The van der Waals surface area contributed by atoms with Crippen LogP contribution in [0.2, 0.25) is 0 Å². The number of carboxylic acid groups (broad SMARTS) is 1. The summed E-state index contributed by atoms with van der Waals surface area (Å²) in [4.78, 5) is 16.1. The van der Waals surface area contributed by atoms with Gasteiger partial charge in [-0.2, -0.15) is 5.10 Å². The molecule has 166 valence electrons. The second-order valence-electron chi connectivity index (χ2n) is 8.13. The quantitative estimate of drug-likeness (QED) is 0.638. The van der Waals surface area contributed by atoms with E-state index in [0.29, 0.717) is 36.6 Å². The molecule has 0 bridgehead atoms. The number of allylic oxidation sites excluding steroid dienone is 4. The maximum absolute atomic E-state index is 13.7. The summed E-state index contributed by atoms with van der Waals surface area (Å²) in [5, 5.41) is 15.0. The lowest BCUT2D eigenvalue weighted by Gasteiger charge is -2.25. The van der Waals surface area contributed by atoms with Crippen molar-refractivity contribution in [2.45, 2.75) is 38.8 Å². The lowest BCUT2D eigenvalue weighted by atomic mass is 9.97. The van der Waals surface area contributed by atoms with Gasteiger partial charge in [-0.25, -0.2) is 18.9 Å². The Labute approximate surface area is 179 Å². The third kappa shape index (κ3) is 4.33. The van der Waals surface area contributed by atoms with Crippen LogP contribution in [0.25, 0.3) is 11.0 Å². The molecule has 8 nitrogen and oxygen atoms in total. The standard InChI is InChI=1S/C22H26FN3O5/c1-12(2)20-19-18(31-7-6-30-15-10-29-11-15)9-16(22(27)28)24-21(19)26(25-20)17-5-4-14(23)8-13(17)3/h4-5,8-9,12-13,15,17H,6-7,10-11H2,1-3H3,(H,27,28). The van der Waals surface area contributed by atoms with E-state index in [0.717, 1.165) is 5.69 Å². The minimum Gasteiger partial charge on any atom is -0.490 e. The molecular formula is C22H26FN3O5. The minimum absolute atomic E-state index is 0.0436. The third-order valence-electron chi connectivity index (χ3n) is 5.42. The number of carboxylic acids is 1. The summed E-state index contributed by atoms with van der Waals surface area (Å²) in [6, 6.07) is 1.13. The average molecular weight is 431 g/mol. The molecule has 2 aromatic rings. The number of pyridine rings is 1. The van der Waals surface area contributed by atoms with Crippen LogP contribution in [-0.2, 0) is 9.47 Å². The summed E-state index contributed by atoms with van der Waals surface area (Å²) in [5.41, 5.74) is 1.02. The van der Waals surface area contributed by atoms with Gasteiger partial charge in [0.1, 0.15) is 24.3 Å². The molecule has 2 atom stereocenters. The van der Waals surface area contributed by atoms with Gasteiger partial charge in [0.2, 0.25) is 0 Å². The topological polar surface area (TPSA) is 95.7 Å². The van der Waals surface area contributed by atoms with Crippen LogP contribution in [0, 0.1) is 5.92 Å². The number of nitrogens with zero attached hydrogens (tertiary/aromatic N) is 3. The van der Waals surface area contributed by atoms with Crippen molar-refractivity contribution in [1.82, 2.24) is 14.8 Å². The molecule has 2 aromatic heterocycles. The molecule has 0 aromatic carbocycles. The largest absolute Gasteiger partial charge is 0.490 e. The minimum atomic E-state index is -1.16. The number of rotatable bonds is 8. The molecule has 1 fully saturated rings. The molecule has 1 N–H and O–H groups in total. The number of hydrogen-bond donors (Lipinski definition) is 1. The predicted octanol–water partition coefficient (Wildman–Crippen LogP) is 3.65. The highest BCUT2D eigenvalue weighted by atomic mass is 19.1. The molecule has 3 heterocycles. The first-order valence-electron chi connectivity index (χ1n) is 10.4. The Morgan fingerprint density at radius 1 is 1.39 bits per heavy atom. The van der Waals surface area contributed by atoms with Crippen molar-refractivity contribution >= 4 is 17.0 Å². The van der Waals surface area contributed by atoms with E-state index in [4.69, 9.17) is 19.3 Å². The van der Waals surface area contributed by atoms with Crippen LogP contribution in [0.5, 0.6) is 5.75 Å². The average Bonchev–Trinajstić information content (AvgIpc) is 3.06. The molecule has 0 amide bonds. The van der Waals surface area contributed by atoms with E-state index in [9.17, 15) is 14.3 Å². The van der Waals surface area contributed by atoms with Gasteiger partial charge in [0, 0.05) is 12.0 Å². The van der Waals surface area contributed by atoms with Gasteiger partial charge >= 0.3 is 5.97 Å². The molecule has 1 aliphatic carbocycles. The highest BCUT2D eigenvalue weighted by Gasteiger charge is 2.28. The normalized spacial score (nSPS) is 21.4. The van der Waals surface area contributed by atoms with Gasteiger partial charge in [0.25, 0.3) is 0 Å². The molecule has 31 heavy (non-hydrogen) atoms. The summed E-state index contributed by atoms with van der Waals surface area (Å²) in [5.74, 6) is -1.19. The van der Waals surface area contributed by atoms with Crippen LogP contribution in [0.4, 0.5) is 4.39 Å². The second-order valence-corrected chi connectivity index (χ2v) is 8.13. The van der Waals surface area contributed by atoms with Gasteiger partial charge in [-0.1, -0.05) is 26.8 Å². The van der Waals surface area contributed by atoms with Crippen molar-refractivity contribution < 1.29 is 28.5 Å². The molecule has 0 radical (unpaired) electrons. The first kappa shape index (κ1) is 21.5. The summed E-state index contributed by atoms with van der Waals surface area (Å²) in [7, 11) is 0. The van der Waals surface area contributed by atoms with Crippen molar-refractivity contribution in [2.75, 3.05) is 26.4 Å². The van der Waals surface area contributed by atoms with Gasteiger partial charge in [0.15, 0.2) is 11.3 Å². The van der Waals surface area contributed by atoms with Crippen LogP contribution >= 0.6 is 0 Å². The smallest absolute Gasteiger partial charge is 0.354 e. The maximum atomic E-state index is 13.7. The lowest BCUT2D eigenvalue weighted by Crippen LogP contribution is -2.37. The number of ether oxygens (including phenoxy) is 3. The number of carbonyl (C=O) groups is 1. The van der Waals surface area contributed by atoms with E-state index in [1.54, 1.807) is 10.8 Å². The Kier molecular flexibility index (Phi) is 6.06. The van der Waals surface area contributed by atoms with Crippen molar-refractivity contribution in [3.8, 4) is 5.75 Å². The Morgan fingerprint density at radius 3 is 2.77 bits per heavy atom. The van der Waals surface area contributed by atoms with Gasteiger partial charge in [-0.3, -0.25) is 0 Å². The first-order chi connectivity index (χ1) is 14.8. The van der Waals surface area contributed by atoms with Crippen molar-refractivity contribution in [1.29, 1.82) is 0 Å². The molecule has 0 saturated carbocycles. The fraction of sp³-hybridized carbons (Fsp3) is 0.500. The monoisotopic (exact) mass is 431 g/mol. The van der Waals surface area contributed by atoms with E-state index in [1.807, 2.05) is 20.8 Å². The Hall–Kier alpha value is -2.78. The van der Waals surface area contributed by atoms with Gasteiger partial charge < -0.3 is 19.3 Å². The van der Waals surface area contributed by atoms with Crippen molar-refractivity contribution in [3.63, 3.8) is 0 Å². The second kappa shape index (κ2) is 8.76. The van der Waals surface area contributed by atoms with Gasteiger partial charge in [-0.05, 0) is 18.1 Å². The summed E-state index contributed by atoms with van der Waals surface area (Å²) in [6.07, 6.45) is 4.72. The van der Waals surface area contributed by atoms with Crippen LogP contribution in [0.3, 0.4) is 0 Å². The van der Waals surface area contributed by atoms with Crippen molar-refractivity contribution in [2.24, 2.45) is 5.92 Å². The zero-order valence-electron chi connectivity index (χ0n) is 17.7. The maximum Gasteiger partial charge on any atom is 0.354 e. The molecule has 1 saturated heterocycles. The van der Waals surface area contributed by atoms with Gasteiger partial charge in [-0.15, -0.1) is 0 Å². The third-order valence-corrected chi connectivity index (χ3v) is 5.42. The number of fused-ring (bicyclic) bond motifs is 1. The zero-order valence-corrected chi connectivity index (χ0v) is 17.7. The van der Waals surface area contributed by atoms with E-state index in [-0.39, 0.29) is 42.1 Å². The fourth-order valence-corrected chi connectivity index (χ4v) is 3.72. The lowest BCUT2D eigenvalue weighted by molar-refractivity contribution is -0.132. The Morgan fingerprint density at radius 2 is 2.16 bits per heavy atom. The Balaban J connectivity index is 1.74. The number of aromatic nitrogens is 3. The van der Waals surface area contributed by atoms with E-state index < -0.39 is 5.97 Å². The van der Waals surface area contributed by atoms with Crippen LogP contribution < -0.4 is 4.74 Å². The highest BCUT2D eigenvalue weighted by molar-refractivity contribution is 5.93. The highest BCUT2D eigenvalue weighted by Crippen LogP contribution is 2.37. The summed E-state index contributed by atoms with van der Waals surface area (Å²) >= 11 is 0. The van der Waals surface area contributed by atoms with E-state index >= 15 is 0 Å². The molecule has 9 heteroatoms. The SMILES string of the molecule is CC(C)c1nn(C2C=CC(F)=CC2C)c2nc(C(=O)O)cc(OCCOC3COC3)c12.